The highest BCUT2D eigenvalue weighted by molar-refractivity contribution is 7.89. The highest BCUT2D eigenvalue weighted by atomic mass is 35.5. The normalized spacial score (nSPS) is 17.7. The molecule has 0 radical (unpaired) electrons. The average molecular weight is 468 g/mol. The van der Waals surface area contributed by atoms with Gasteiger partial charge in [-0.25, -0.2) is 12.8 Å². The van der Waals surface area contributed by atoms with Gasteiger partial charge in [0.2, 0.25) is 10.0 Å². The molecule has 0 saturated carbocycles. The number of hydrogen-bond acceptors (Lipinski definition) is 5. The number of morpholine rings is 1. The molecule has 1 amide bonds. The molecule has 10 heteroatoms. The average Bonchev–Trinajstić information content (AvgIpc) is 3.30. The maximum atomic E-state index is 13.4. The number of benzene rings is 2. The molecule has 166 valence electrons. The van der Waals surface area contributed by atoms with Gasteiger partial charge in [-0.2, -0.15) is 4.31 Å². The van der Waals surface area contributed by atoms with E-state index < -0.39 is 21.7 Å². The number of nitrogens with one attached hydrogen (secondary N) is 1. The Hall–Kier alpha value is -2.20. The SMILES string of the molecule is O=C(Nc1ccc(F)cc1Cl)c1cc(S(=O)(=O)N2CCOCC2)ccc1N1CCCC1. The molecule has 0 aromatic heterocycles. The third-order valence-electron chi connectivity index (χ3n) is 5.45. The second-order valence-corrected chi connectivity index (χ2v) is 9.81. The van der Waals surface area contributed by atoms with Crippen LogP contribution in [0.2, 0.25) is 5.02 Å². The fourth-order valence-electron chi connectivity index (χ4n) is 3.81. The zero-order valence-electron chi connectivity index (χ0n) is 16.8. The van der Waals surface area contributed by atoms with Crippen molar-refractivity contribution in [3.63, 3.8) is 0 Å². The minimum atomic E-state index is -3.77. The van der Waals surface area contributed by atoms with Crippen molar-refractivity contribution in [1.82, 2.24) is 4.31 Å². The van der Waals surface area contributed by atoms with E-state index in [1.54, 1.807) is 12.1 Å². The monoisotopic (exact) mass is 467 g/mol. The van der Waals surface area contributed by atoms with E-state index in [1.165, 1.54) is 22.5 Å². The van der Waals surface area contributed by atoms with E-state index >= 15 is 0 Å². The molecule has 0 aliphatic carbocycles. The van der Waals surface area contributed by atoms with Crippen LogP contribution in [0.1, 0.15) is 23.2 Å². The fourth-order valence-corrected chi connectivity index (χ4v) is 5.46. The van der Waals surface area contributed by atoms with Crippen molar-refractivity contribution in [2.24, 2.45) is 0 Å². The van der Waals surface area contributed by atoms with Crippen LogP contribution in [0.3, 0.4) is 0 Å². The Bertz CT molecular complexity index is 1080. The summed E-state index contributed by atoms with van der Waals surface area (Å²) in [4.78, 5) is 15.3. The summed E-state index contributed by atoms with van der Waals surface area (Å²) in [6, 6.07) is 8.31. The molecule has 1 N–H and O–H groups in total. The van der Waals surface area contributed by atoms with Gasteiger partial charge in [-0.15, -0.1) is 0 Å². The summed E-state index contributed by atoms with van der Waals surface area (Å²) in [5.41, 5.74) is 1.15. The molecule has 0 atom stereocenters. The number of nitrogens with zero attached hydrogens (tertiary/aromatic N) is 2. The molecule has 0 spiro atoms. The van der Waals surface area contributed by atoms with Crippen LogP contribution in [0.15, 0.2) is 41.3 Å². The molecule has 2 aliphatic heterocycles. The largest absolute Gasteiger partial charge is 0.379 e. The van der Waals surface area contributed by atoms with Gasteiger partial charge in [-0.05, 0) is 49.2 Å². The van der Waals surface area contributed by atoms with Crippen molar-refractivity contribution in [3.8, 4) is 0 Å². The predicted octanol–water partition coefficient (Wildman–Crippen LogP) is 3.35. The molecule has 2 aromatic carbocycles. The van der Waals surface area contributed by atoms with Gasteiger partial charge in [-0.1, -0.05) is 11.6 Å². The number of carbonyl (C=O) groups excluding carboxylic acids is 1. The van der Waals surface area contributed by atoms with Crippen LogP contribution in [0.4, 0.5) is 15.8 Å². The molecule has 0 unspecified atom stereocenters. The lowest BCUT2D eigenvalue weighted by atomic mass is 10.1. The van der Waals surface area contributed by atoms with Gasteiger partial charge in [0.25, 0.3) is 5.91 Å². The van der Waals surface area contributed by atoms with E-state index in [-0.39, 0.29) is 34.3 Å². The number of carbonyl (C=O) groups is 1. The lowest BCUT2D eigenvalue weighted by molar-refractivity contribution is 0.0730. The van der Waals surface area contributed by atoms with E-state index in [2.05, 4.69) is 10.2 Å². The molecule has 2 aliphatic rings. The summed E-state index contributed by atoms with van der Waals surface area (Å²) in [6.07, 6.45) is 2.00. The minimum Gasteiger partial charge on any atom is -0.379 e. The summed E-state index contributed by atoms with van der Waals surface area (Å²) in [5.74, 6) is -1.02. The van der Waals surface area contributed by atoms with Crippen LogP contribution in [0.25, 0.3) is 0 Å². The standard InChI is InChI=1S/C21H23ClFN3O4S/c22-18-13-15(23)3-5-19(18)24-21(27)17-14-16(4-6-20(17)25-7-1-2-8-25)31(28,29)26-9-11-30-12-10-26/h3-6,13-14H,1-2,7-12H2,(H,24,27). The molecule has 2 saturated heterocycles. The maximum Gasteiger partial charge on any atom is 0.257 e. The van der Waals surface area contributed by atoms with Gasteiger partial charge >= 0.3 is 0 Å². The molecule has 2 aromatic rings. The summed E-state index contributed by atoms with van der Waals surface area (Å²) in [7, 11) is -3.77. The Kier molecular flexibility index (Phi) is 6.47. The Morgan fingerprint density at radius 1 is 1.03 bits per heavy atom. The van der Waals surface area contributed by atoms with Crippen molar-refractivity contribution in [2.45, 2.75) is 17.7 Å². The first-order chi connectivity index (χ1) is 14.9. The first-order valence-corrected chi connectivity index (χ1v) is 11.9. The lowest BCUT2D eigenvalue weighted by Gasteiger charge is -2.27. The van der Waals surface area contributed by atoms with Gasteiger partial charge in [0.1, 0.15) is 5.82 Å². The Morgan fingerprint density at radius 3 is 2.42 bits per heavy atom. The predicted molar refractivity (Wildman–Crippen MR) is 117 cm³/mol. The second-order valence-electron chi connectivity index (χ2n) is 7.47. The molecule has 2 fully saturated rings. The summed E-state index contributed by atoms with van der Waals surface area (Å²) in [6.45, 7) is 2.77. The van der Waals surface area contributed by atoms with Crippen molar-refractivity contribution < 1.29 is 22.3 Å². The first kappa shape index (κ1) is 22.0. The van der Waals surface area contributed by atoms with Crippen molar-refractivity contribution in [1.29, 1.82) is 0 Å². The van der Waals surface area contributed by atoms with Crippen molar-refractivity contribution in [2.75, 3.05) is 49.6 Å². The number of rotatable bonds is 5. The number of ether oxygens (including phenoxy) is 1. The van der Waals surface area contributed by atoms with Crippen LogP contribution < -0.4 is 10.2 Å². The van der Waals surface area contributed by atoms with Gasteiger partial charge in [-0.3, -0.25) is 4.79 Å². The van der Waals surface area contributed by atoms with Crippen LogP contribution in [0, 0.1) is 5.82 Å². The Labute approximate surface area is 185 Å². The third kappa shape index (κ3) is 4.69. The van der Waals surface area contributed by atoms with E-state index in [0.717, 1.165) is 32.0 Å². The summed E-state index contributed by atoms with van der Waals surface area (Å²) in [5, 5.41) is 2.75. The third-order valence-corrected chi connectivity index (χ3v) is 7.65. The van der Waals surface area contributed by atoms with Crippen LogP contribution >= 0.6 is 11.6 Å². The molecule has 31 heavy (non-hydrogen) atoms. The van der Waals surface area contributed by atoms with Crippen molar-refractivity contribution >= 4 is 38.9 Å². The summed E-state index contributed by atoms with van der Waals surface area (Å²) < 4.78 is 46.2. The van der Waals surface area contributed by atoms with E-state index in [9.17, 15) is 17.6 Å². The zero-order valence-corrected chi connectivity index (χ0v) is 18.4. The van der Waals surface area contributed by atoms with Crippen LogP contribution in [-0.4, -0.2) is 58.0 Å². The molecule has 2 heterocycles. The van der Waals surface area contributed by atoms with Gasteiger partial charge < -0.3 is 15.0 Å². The smallest absolute Gasteiger partial charge is 0.257 e. The van der Waals surface area contributed by atoms with E-state index in [1.807, 2.05) is 0 Å². The highest BCUT2D eigenvalue weighted by Crippen LogP contribution is 2.30. The van der Waals surface area contributed by atoms with Crippen LogP contribution in [0.5, 0.6) is 0 Å². The molecule has 4 rings (SSSR count). The number of anilines is 2. The fraction of sp³-hybridized carbons (Fsp3) is 0.381. The topological polar surface area (TPSA) is 79.0 Å². The highest BCUT2D eigenvalue weighted by Gasteiger charge is 2.29. The number of hydrogen-bond donors (Lipinski definition) is 1. The molecule has 7 nitrogen and oxygen atoms in total. The zero-order chi connectivity index (χ0) is 22.0. The van der Waals surface area contributed by atoms with Gasteiger partial charge in [0.05, 0.1) is 34.4 Å². The Morgan fingerprint density at radius 2 is 1.74 bits per heavy atom. The van der Waals surface area contributed by atoms with E-state index in [0.29, 0.717) is 18.9 Å². The maximum absolute atomic E-state index is 13.4. The summed E-state index contributed by atoms with van der Waals surface area (Å²) >= 11 is 6.05. The molecular formula is C21H23ClFN3O4S. The lowest BCUT2D eigenvalue weighted by Crippen LogP contribution is -2.40. The minimum absolute atomic E-state index is 0.0488. The molecular weight excluding hydrogens is 445 g/mol. The number of sulfonamides is 1. The second kappa shape index (κ2) is 9.12. The van der Waals surface area contributed by atoms with Crippen LogP contribution in [-0.2, 0) is 14.8 Å². The Balaban J connectivity index is 1.70. The van der Waals surface area contributed by atoms with E-state index in [4.69, 9.17) is 16.3 Å². The van der Waals surface area contributed by atoms with Gasteiger partial charge in [0.15, 0.2) is 0 Å². The molecule has 0 bridgehead atoms. The van der Waals surface area contributed by atoms with Crippen molar-refractivity contribution in [3.05, 3.63) is 52.8 Å². The quantitative estimate of drug-likeness (QED) is 0.729. The van der Waals surface area contributed by atoms with Gasteiger partial charge in [0, 0.05) is 31.9 Å². The first-order valence-electron chi connectivity index (χ1n) is 10.1. The number of amides is 1. The number of halogens is 2.